The molecule has 2 N–H and O–H groups in total. The first-order valence-corrected chi connectivity index (χ1v) is 12.7. The predicted molar refractivity (Wildman–Crippen MR) is 136 cm³/mol. The Balaban J connectivity index is 1.16. The molecule has 2 aliphatic heterocycles. The molecular formula is C27H34F3N5O2. The molecule has 2 fully saturated rings. The van der Waals surface area contributed by atoms with Crippen LogP contribution < -0.4 is 15.5 Å². The highest BCUT2D eigenvalue weighted by atomic mass is 19.4. The molecule has 2 saturated heterocycles. The number of carbonyl (C=O) groups is 2. The van der Waals surface area contributed by atoms with E-state index in [0.717, 1.165) is 64.4 Å². The Labute approximate surface area is 215 Å². The van der Waals surface area contributed by atoms with Crippen LogP contribution in [-0.2, 0) is 11.0 Å². The van der Waals surface area contributed by atoms with Gasteiger partial charge in [0.15, 0.2) is 0 Å². The number of nitrogens with zero attached hydrogens (tertiary/aromatic N) is 3. The Morgan fingerprint density at radius 3 is 2.43 bits per heavy atom. The Morgan fingerprint density at radius 2 is 1.73 bits per heavy atom. The molecule has 0 spiro atoms. The second kappa shape index (κ2) is 12.0. The van der Waals surface area contributed by atoms with Gasteiger partial charge in [0, 0.05) is 69.1 Å². The normalized spacial score (nSPS) is 20.0. The predicted octanol–water partition coefficient (Wildman–Crippen LogP) is 2.84. The molecule has 2 aliphatic rings. The molecular weight excluding hydrogens is 483 g/mol. The van der Waals surface area contributed by atoms with Gasteiger partial charge >= 0.3 is 6.18 Å². The van der Waals surface area contributed by atoms with Crippen LogP contribution in [0.4, 0.5) is 18.9 Å². The van der Waals surface area contributed by atoms with Crippen LogP contribution in [0.15, 0.2) is 54.6 Å². The van der Waals surface area contributed by atoms with Gasteiger partial charge in [0.05, 0.1) is 12.1 Å². The van der Waals surface area contributed by atoms with Gasteiger partial charge in [0.1, 0.15) is 0 Å². The number of benzene rings is 2. The van der Waals surface area contributed by atoms with Crippen molar-refractivity contribution in [3.63, 3.8) is 0 Å². The van der Waals surface area contributed by atoms with E-state index in [4.69, 9.17) is 0 Å². The summed E-state index contributed by atoms with van der Waals surface area (Å²) in [6.07, 6.45) is -3.71. The number of hydrogen-bond donors (Lipinski definition) is 2. The molecule has 2 aromatic rings. The van der Waals surface area contributed by atoms with Crippen LogP contribution in [-0.4, -0.2) is 86.1 Å². The van der Waals surface area contributed by atoms with Crippen LogP contribution in [0.1, 0.15) is 29.3 Å². The molecule has 4 rings (SSSR count). The van der Waals surface area contributed by atoms with Crippen LogP contribution in [0.2, 0.25) is 0 Å². The van der Waals surface area contributed by atoms with Crippen LogP contribution in [0.5, 0.6) is 0 Å². The fraction of sp³-hybridized carbons (Fsp3) is 0.481. The van der Waals surface area contributed by atoms with Gasteiger partial charge in [0.2, 0.25) is 5.91 Å². The topological polar surface area (TPSA) is 67.9 Å². The number of para-hydroxylation sites is 1. The number of nitrogens with one attached hydrogen (secondary N) is 2. The summed E-state index contributed by atoms with van der Waals surface area (Å²) in [4.78, 5) is 31.9. The van der Waals surface area contributed by atoms with E-state index in [-0.39, 0.29) is 24.1 Å². The third-order valence-corrected chi connectivity index (χ3v) is 7.09. The second-order valence-corrected chi connectivity index (χ2v) is 9.78. The lowest BCUT2D eigenvalue weighted by molar-refractivity contribution is -0.137. The minimum atomic E-state index is -4.53. The molecule has 2 atom stereocenters. The highest BCUT2D eigenvalue weighted by Gasteiger charge is 2.31. The molecule has 0 aliphatic carbocycles. The Kier molecular flexibility index (Phi) is 8.71. The van der Waals surface area contributed by atoms with Crippen LogP contribution in [0.25, 0.3) is 0 Å². The molecule has 7 nitrogen and oxygen atoms in total. The SMILES string of the molecule is CC(CN1CCN(c2ccccc2)CC1)N1CC[C@@H](NC(=O)CNC(=O)c2cccc(C(F)(F)F)c2)C1. The van der Waals surface area contributed by atoms with Gasteiger partial charge in [-0.05, 0) is 43.7 Å². The number of anilines is 1. The monoisotopic (exact) mass is 517 g/mol. The molecule has 200 valence electrons. The van der Waals surface area contributed by atoms with E-state index in [2.05, 4.69) is 56.5 Å². The summed E-state index contributed by atoms with van der Waals surface area (Å²) in [7, 11) is 0. The maximum absolute atomic E-state index is 12.9. The lowest BCUT2D eigenvalue weighted by Crippen LogP contribution is -2.51. The van der Waals surface area contributed by atoms with Crippen molar-refractivity contribution in [2.75, 3.05) is 57.3 Å². The lowest BCUT2D eigenvalue weighted by atomic mass is 10.1. The van der Waals surface area contributed by atoms with Crippen molar-refractivity contribution in [3.8, 4) is 0 Å². The van der Waals surface area contributed by atoms with E-state index in [9.17, 15) is 22.8 Å². The van der Waals surface area contributed by atoms with Gasteiger partial charge in [-0.15, -0.1) is 0 Å². The van der Waals surface area contributed by atoms with Gasteiger partial charge in [-0.25, -0.2) is 0 Å². The Hall–Kier alpha value is -3.11. The van der Waals surface area contributed by atoms with Gasteiger partial charge in [-0.2, -0.15) is 13.2 Å². The van der Waals surface area contributed by atoms with Crippen molar-refractivity contribution in [2.24, 2.45) is 0 Å². The largest absolute Gasteiger partial charge is 0.416 e. The second-order valence-electron chi connectivity index (χ2n) is 9.78. The van der Waals surface area contributed by atoms with E-state index < -0.39 is 17.6 Å². The smallest absolute Gasteiger partial charge is 0.369 e. The average Bonchev–Trinajstić information content (AvgIpc) is 3.36. The van der Waals surface area contributed by atoms with E-state index >= 15 is 0 Å². The van der Waals surface area contributed by atoms with Gasteiger partial charge in [-0.1, -0.05) is 24.3 Å². The van der Waals surface area contributed by atoms with Crippen molar-refractivity contribution in [1.29, 1.82) is 0 Å². The van der Waals surface area contributed by atoms with Gasteiger partial charge in [0.25, 0.3) is 5.91 Å². The average molecular weight is 518 g/mol. The Morgan fingerprint density at radius 1 is 1.00 bits per heavy atom. The zero-order chi connectivity index (χ0) is 26.4. The number of halogens is 3. The number of likely N-dealkylation sites (tertiary alicyclic amines) is 1. The molecule has 2 amide bonds. The van der Waals surface area contributed by atoms with Crippen molar-refractivity contribution >= 4 is 17.5 Å². The maximum atomic E-state index is 12.9. The van der Waals surface area contributed by atoms with E-state index in [1.165, 1.54) is 17.8 Å². The number of hydrogen-bond acceptors (Lipinski definition) is 5. The van der Waals surface area contributed by atoms with E-state index in [0.29, 0.717) is 6.04 Å². The molecule has 2 heterocycles. The summed E-state index contributed by atoms with van der Waals surface area (Å²) >= 11 is 0. The number of alkyl halides is 3. The first-order chi connectivity index (χ1) is 17.7. The van der Waals surface area contributed by atoms with Crippen molar-refractivity contribution in [2.45, 2.75) is 31.6 Å². The minimum Gasteiger partial charge on any atom is -0.369 e. The molecule has 0 saturated carbocycles. The molecule has 0 aromatic heterocycles. The third kappa shape index (κ3) is 7.45. The zero-order valence-corrected chi connectivity index (χ0v) is 21.0. The standard InChI is InChI=1S/C27H34F3N5O2/c1-20(18-33-12-14-34(15-13-33)24-8-3-2-4-9-24)35-11-10-23(19-35)32-25(36)17-31-26(37)21-6-5-7-22(16-21)27(28,29)30/h2-9,16,20,23H,10-15,17-19H2,1H3,(H,31,37)(H,32,36)/t20?,23-/m1/s1. The van der Waals surface area contributed by atoms with E-state index in [1.807, 2.05) is 6.07 Å². The summed E-state index contributed by atoms with van der Waals surface area (Å²) in [5.74, 6) is -1.06. The fourth-order valence-electron chi connectivity index (χ4n) is 5.00. The number of rotatable bonds is 8. The maximum Gasteiger partial charge on any atom is 0.416 e. The summed E-state index contributed by atoms with van der Waals surface area (Å²) in [6.45, 7) is 8.54. The number of amides is 2. The Bertz CT molecular complexity index is 1060. The molecule has 2 aromatic carbocycles. The fourth-order valence-corrected chi connectivity index (χ4v) is 5.00. The quantitative estimate of drug-likeness (QED) is 0.564. The summed E-state index contributed by atoms with van der Waals surface area (Å²) in [5.41, 5.74) is 0.232. The first-order valence-electron chi connectivity index (χ1n) is 12.7. The minimum absolute atomic E-state index is 0.0182. The van der Waals surface area contributed by atoms with E-state index in [1.54, 1.807) is 0 Å². The zero-order valence-electron chi connectivity index (χ0n) is 21.0. The van der Waals surface area contributed by atoms with Crippen molar-refractivity contribution in [3.05, 3.63) is 65.7 Å². The third-order valence-electron chi connectivity index (χ3n) is 7.09. The molecule has 10 heteroatoms. The number of carbonyl (C=O) groups excluding carboxylic acids is 2. The first kappa shape index (κ1) is 26.9. The van der Waals surface area contributed by atoms with Crippen molar-refractivity contribution < 1.29 is 22.8 Å². The molecule has 0 radical (unpaired) electrons. The van der Waals surface area contributed by atoms with Gasteiger partial charge in [-0.3, -0.25) is 19.4 Å². The molecule has 37 heavy (non-hydrogen) atoms. The molecule has 0 bridgehead atoms. The van der Waals surface area contributed by atoms with Crippen molar-refractivity contribution in [1.82, 2.24) is 20.4 Å². The van der Waals surface area contributed by atoms with Crippen LogP contribution in [0, 0.1) is 0 Å². The highest BCUT2D eigenvalue weighted by Crippen LogP contribution is 2.29. The van der Waals surface area contributed by atoms with Crippen LogP contribution >= 0.6 is 0 Å². The summed E-state index contributed by atoms with van der Waals surface area (Å²) in [5, 5.41) is 5.35. The van der Waals surface area contributed by atoms with Crippen LogP contribution in [0.3, 0.4) is 0 Å². The molecule has 1 unspecified atom stereocenters. The highest BCUT2D eigenvalue weighted by molar-refractivity contribution is 5.96. The van der Waals surface area contributed by atoms with Gasteiger partial charge < -0.3 is 15.5 Å². The summed E-state index contributed by atoms with van der Waals surface area (Å²) < 4.78 is 38.6. The number of piperazine rings is 1. The lowest BCUT2D eigenvalue weighted by Gasteiger charge is -2.38. The summed E-state index contributed by atoms with van der Waals surface area (Å²) in [6, 6.07) is 14.9.